The second-order valence-electron chi connectivity index (χ2n) is 6.92. The SMILES string of the molecule is CON(C)C(=O)c1cc(-c2ccccc2)nn1CCNC(=O)OC(C)(C)C. The van der Waals surface area contributed by atoms with E-state index < -0.39 is 11.7 Å². The number of ether oxygens (including phenoxy) is 1. The normalized spacial score (nSPS) is 11.1. The van der Waals surface area contributed by atoms with Crippen LogP contribution in [0.3, 0.4) is 0 Å². The summed E-state index contributed by atoms with van der Waals surface area (Å²) in [7, 11) is 2.95. The molecule has 2 amide bonds. The zero-order chi connectivity index (χ0) is 20.0. The van der Waals surface area contributed by atoms with Crippen LogP contribution in [0.25, 0.3) is 11.3 Å². The highest BCUT2D eigenvalue weighted by Crippen LogP contribution is 2.19. The molecule has 0 fully saturated rings. The van der Waals surface area contributed by atoms with E-state index in [4.69, 9.17) is 9.57 Å². The molecule has 27 heavy (non-hydrogen) atoms. The van der Waals surface area contributed by atoms with E-state index in [0.717, 1.165) is 10.6 Å². The molecule has 1 aromatic heterocycles. The van der Waals surface area contributed by atoms with Gasteiger partial charge in [-0.2, -0.15) is 5.10 Å². The summed E-state index contributed by atoms with van der Waals surface area (Å²) in [5.41, 5.74) is 1.36. The van der Waals surface area contributed by atoms with E-state index in [0.29, 0.717) is 17.9 Å². The first kappa shape index (κ1) is 20.4. The second-order valence-corrected chi connectivity index (χ2v) is 6.92. The third kappa shape index (κ3) is 5.82. The lowest BCUT2D eigenvalue weighted by Crippen LogP contribution is -2.35. The van der Waals surface area contributed by atoms with Crippen molar-refractivity contribution < 1.29 is 19.2 Å². The molecule has 146 valence electrons. The van der Waals surface area contributed by atoms with Crippen LogP contribution in [0.4, 0.5) is 4.79 Å². The van der Waals surface area contributed by atoms with Gasteiger partial charge >= 0.3 is 6.09 Å². The number of nitrogens with one attached hydrogen (secondary N) is 1. The van der Waals surface area contributed by atoms with Crippen LogP contribution in [-0.4, -0.2) is 53.1 Å². The minimum atomic E-state index is -0.571. The van der Waals surface area contributed by atoms with Crippen molar-refractivity contribution >= 4 is 12.0 Å². The molecule has 0 radical (unpaired) electrons. The van der Waals surface area contributed by atoms with Gasteiger partial charge in [-0.3, -0.25) is 14.3 Å². The number of aromatic nitrogens is 2. The van der Waals surface area contributed by atoms with Gasteiger partial charge in [0.25, 0.3) is 5.91 Å². The monoisotopic (exact) mass is 374 g/mol. The van der Waals surface area contributed by atoms with Crippen LogP contribution in [-0.2, 0) is 16.1 Å². The van der Waals surface area contributed by atoms with Crippen LogP contribution in [0, 0.1) is 0 Å². The molecule has 1 aromatic carbocycles. The minimum absolute atomic E-state index is 0.266. The minimum Gasteiger partial charge on any atom is -0.444 e. The Labute approximate surface area is 159 Å². The molecule has 0 atom stereocenters. The van der Waals surface area contributed by atoms with E-state index in [-0.39, 0.29) is 12.5 Å². The zero-order valence-corrected chi connectivity index (χ0v) is 16.4. The van der Waals surface area contributed by atoms with Gasteiger partial charge in [0, 0.05) is 19.2 Å². The van der Waals surface area contributed by atoms with E-state index in [9.17, 15) is 9.59 Å². The van der Waals surface area contributed by atoms with Gasteiger partial charge in [-0.1, -0.05) is 30.3 Å². The summed E-state index contributed by atoms with van der Waals surface area (Å²) in [4.78, 5) is 29.3. The van der Waals surface area contributed by atoms with Gasteiger partial charge in [-0.05, 0) is 26.8 Å². The first-order valence-corrected chi connectivity index (χ1v) is 8.63. The first-order chi connectivity index (χ1) is 12.7. The number of nitrogens with zero attached hydrogens (tertiary/aromatic N) is 3. The fourth-order valence-electron chi connectivity index (χ4n) is 2.33. The van der Waals surface area contributed by atoms with E-state index in [2.05, 4.69) is 10.4 Å². The predicted octanol–water partition coefficient (Wildman–Crippen LogP) is 2.71. The van der Waals surface area contributed by atoms with Crippen molar-refractivity contribution in [3.8, 4) is 11.3 Å². The lowest BCUT2D eigenvalue weighted by molar-refractivity contribution is -0.0763. The highest BCUT2D eigenvalue weighted by molar-refractivity contribution is 5.92. The van der Waals surface area contributed by atoms with Crippen LogP contribution >= 0.6 is 0 Å². The average Bonchev–Trinajstić information content (AvgIpc) is 3.03. The molecule has 0 aliphatic carbocycles. The van der Waals surface area contributed by atoms with Crippen molar-refractivity contribution in [3.63, 3.8) is 0 Å². The maximum Gasteiger partial charge on any atom is 0.407 e. The molecule has 0 unspecified atom stereocenters. The highest BCUT2D eigenvalue weighted by atomic mass is 16.7. The molecule has 2 aromatic rings. The van der Waals surface area contributed by atoms with E-state index in [1.54, 1.807) is 31.5 Å². The quantitative estimate of drug-likeness (QED) is 0.786. The summed E-state index contributed by atoms with van der Waals surface area (Å²) in [6, 6.07) is 11.3. The van der Waals surface area contributed by atoms with Gasteiger partial charge in [0.2, 0.25) is 0 Å². The third-order valence-electron chi connectivity index (χ3n) is 3.62. The topological polar surface area (TPSA) is 85.7 Å². The van der Waals surface area contributed by atoms with Crippen molar-refractivity contribution in [3.05, 3.63) is 42.1 Å². The van der Waals surface area contributed by atoms with Crippen LogP contribution in [0.1, 0.15) is 31.3 Å². The average molecular weight is 374 g/mol. The summed E-state index contributed by atoms with van der Waals surface area (Å²) in [6.07, 6.45) is -0.514. The summed E-state index contributed by atoms with van der Waals surface area (Å²) in [5.74, 6) is -0.329. The van der Waals surface area contributed by atoms with Crippen molar-refractivity contribution in [2.24, 2.45) is 0 Å². The Kier molecular flexibility index (Phi) is 6.57. The maximum atomic E-state index is 12.6. The number of hydroxylamine groups is 2. The van der Waals surface area contributed by atoms with E-state index in [1.165, 1.54) is 14.2 Å². The van der Waals surface area contributed by atoms with Crippen LogP contribution in [0.2, 0.25) is 0 Å². The maximum absolute atomic E-state index is 12.6. The van der Waals surface area contributed by atoms with Gasteiger partial charge in [0.05, 0.1) is 19.3 Å². The molecular formula is C19H26N4O4. The van der Waals surface area contributed by atoms with Gasteiger partial charge in [0.1, 0.15) is 11.3 Å². The van der Waals surface area contributed by atoms with Crippen molar-refractivity contribution in [2.75, 3.05) is 20.7 Å². The number of carbonyl (C=O) groups is 2. The lowest BCUT2D eigenvalue weighted by atomic mass is 10.1. The Morgan fingerprint density at radius 1 is 1.22 bits per heavy atom. The Hall–Kier alpha value is -2.87. The molecule has 2 rings (SSSR count). The Morgan fingerprint density at radius 2 is 1.89 bits per heavy atom. The number of rotatable bonds is 6. The second kappa shape index (κ2) is 8.68. The molecule has 0 spiro atoms. The van der Waals surface area contributed by atoms with E-state index >= 15 is 0 Å². The van der Waals surface area contributed by atoms with Gasteiger partial charge in [-0.15, -0.1) is 0 Å². The van der Waals surface area contributed by atoms with Gasteiger partial charge < -0.3 is 10.1 Å². The molecule has 8 heteroatoms. The van der Waals surface area contributed by atoms with E-state index in [1.807, 2.05) is 30.3 Å². The van der Waals surface area contributed by atoms with Crippen molar-refractivity contribution in [1.29, 1.82) is 0 Å². The Morgan fingerprint density at radius 3 is 2.48 bits per heavy atom. The molecule has 0 bridgehead atoms. The standard InChI is InChI=1S/C19H26N4O4/c1-19(2,3)27-18(25)20-11-12-23-16(17(24)22(4)26-5)13-15(21-23)14-9-7-6-8-10-14/h6-10,13H,11-12H2,1-5H3,(H,20,25). The number of hydrogen-bond acceptors (Lipinski definition) is 5. The van der Waals surface area contributed by atoms with Gasteiger partial charge in [0.15, 0.2) is 0 Å². The molecule has 1 heterocycles. The zero-order valence-electron chi connectivity index (χ0n) is 16.4. The third-order valence-corrected chi connectivity index (χ3v) is 3.62. The molecule has 0 saturated carbocycles. The summed E-state index contributed by atoms with van der Waals surface area (Å²) in [6.45, 7) is 5.96. The summed E-state index contributed by atoms with van der Waals surface area (Å²) in [5, 5.41) is 8.31. The molecule has 0 aliphatic rings. The number of benzene rings is 1. The smallest absolute Gasteiger partial charge is 0.407 e. The predicted molar refractivity (Wildman–Crippen MR) is 101 cm³/mol. The Balaban J connectivity index is 2.17. The molecule has 0 aliphatic heterocycles. The number of hydrogen-bond donors (Lipinski definition) is 1. The number of carbonyl (C=O) groups excluding carboxylic acids is 2. The largest absolute Gasteiger partial charge is 0.444 e. The molecule has 0 saturated heterocycles. The van der Waals surface area contributed by atoms with Gasteiger partial charge in [-0.25, -0.2) is 9.86 Å². The highest BCUT2D eigenvalue weighted by Gasteiger charge is 2.20. The summed E-state index contributed by atoms with van der Waals surface area (Å²) < 4.78 is 6.76. The van der Waals surface area contributed by atoms with Crippen LogP contribution < -0.4 is 5.32 Å². The van der Waals surface area contributed by atoms with Crippen molar-refractivity contribution in [2.45, 2.75) is 32.9 Å². The first-order valence-electron chi connectivity index (χ1n) is 8.63. The van der Waals surface area contributed by atoms with Crippen LogP contribution in [0.5, 0.6) is 0 Å². The Bertz CT molecular complexity index is 781. The number of alkyl carbamates (subject to hydrolysis) is 1. The molecule has 1 N–H and O–H groups in total. The lowest BCUT2D eigenvalue weighted by Gasteiger charge is -2.20. The number of amides is 2. The van der Waals surface area contributed by atoms with Crippen LogP contribution in [0.15, 0.2) is 36.4 Å². The molecular weight excluding hydrogens is 348 g/mol. The fraction of sp³-hybridized carbons (Fsp3) is 0.421. The molecule has 8 nitrogen and oxygen atoms in total. The summed E-state index contributed by atoms with van der Waals surface area (Å²) >= 11 is 0. The fourth-order valence-corrected chi connectivity index (χ4v) is 2.33. The van der Waals surface area contributed by atoms with Crippen molar-refractivity contribution in [1.82, 2.24) is 20.2 Å².